The van der Waals surface area contributed by atoms with E-state index in [0.29, 0.717) is 12.3 Å². The Bertz CT molecular complexity index is 336. The van der Waals surface area contributed by atoms with E-state index in [1.807, 2.05) is 13.0 Å². The number of rotatable bonds is 3. The zero-order chi connectivity index (χ0) is 9.68. The van der Waals surface area contributed by atoms with Crippen molar-refractivity contribution < 1.29 is 9.21 Å². The molecule has 4 nitrogen and oxygen atoms in total. The van der Waals surface area contributed by atoms with Crippen molar-refractivity contribution in [3.8, 4) is 0 Å². The summed E-state index contributed by atoms with van der Waals surface area (Å²) in [6.07, 6.45) is 0. The number of aryl methyl sites for hydroxylation is 1. The minimum absolute atomic E-state index is 0.125. The molecule has 0 aliphatic rings. The van der Waals surface area contributed by atoms with E-state index in [9.17, 15) is 4.79 Å². The van der Waals surface area contributed by atoms with E-state index in [1.165, 1.54) is 0 Å². The lowest BCUT2D eigenvalue weighted by atomic mass is 10.4. The molecule has 1 N–H and O–H groups in total. The van der Waals surface area contributed by atoms with Gasteiger partial charge in [0.25, 0.3) is 6.54 Å². The smallest absolute Gasteiger partial charge is 0.300 e. The Labute approximate surface area is 76.4 Å². The van der Waals surface area contributed by atoms with Crippen LogP contribution >= 0.6 is 0 Å². The Hall–Kier alpha value is -1.76. The van der Waals surface area contributed by atoms with Crippen LogP contribution < -0.4 is 5.32 Å². The molecule has 68 valence electrons. The summed E-state index contributed by atoms with van der Waals surface area (Å²) in [7, 11) is 0. The fraction of sp³-hybridized carbons (Fsp3) is 0.333. The molecule has 0 bridgehead atoms. The van der Waals surface area contributed by atoms with Gasteiger partial charge in [-0.2, -0.15) is 0 Å². The zero-order valence-corrected chi connectivity index (χ0v) is 7.33. The highest BCUT2D eigenvalue weighted by atomic mass is 16.3. The van der Waals surface area contributed by atoms with Crippen molar-refractivity contribution in [2.45, 2.75) is 13.5 Å². The van der Waals surface area contributed by atoms with Gasteiger partial charge >= 0.3 is 5.91 Å². The summed E-state index contributed by atoms with van der Waals surface area (Å²) in [4.78, 5) is 13.8. The topological polar surface area (TPSA) is 46.6 Å². The van der Waals surface area contributed by atoms with Crippen LogP contribution in [0.2, 0.25) is 0 Å². The van der Waals surface area contributed by atoms with Gasteiger partial charge in [-0.05, 0) is 19.1 Å². The molecular weight excluding hydrogens is 168 g/mol. The number of hydrogen-bond acceptors (Lipinski definition) is 2. The van der Waals surface area contributed by atoms with E-state index in [1.54, 1.807) is 6.07 Å². The van der Waals surface area contributed by atoms with Crippen LogP contribution in [0.5, 0.6) is 0 Å². The maximum Gasteiger partial charge on any atom is 0.300 e. The van der Waals surface area contributed by atoms with E-state index < -0.39 is 0 Å². The summed E-state index contributed by atoms with van der Waals surface area (Å²) in [5, 5.41) is 2.57. The van der Waals surface area contributed by atoms with Crippen LogP contribution in [0.25, 0.3) is 4.85 Å². The first-order chi connectivity index (χ1) is 6.22. The maximum absolute atomic E-state index is 10.9. The monoisotopic (exact) mass is 178 g/mol. The Balaban J connectivity index is 2.36. The number of nitrogens with one attached hydrogen (secondary N) is 1. The number of amides is 1. The number of carbonyl (C=O) groups excluding carboxylic acids is 1. The summed E-state index contributed by atoms with van der Waals surface area (Å²) in [5.41, 5.74) is 0. The largest absolute Gasteiger partial charge is 0.465 e. The van der Waals surface area contributed by atoms with Crippen LogP contribution in [0.3, 0.4) is 0 Å². The summed E-state index contributed by atoms with van der Waals surface area (Å²) >= 11 is 0. The number of furan rings is 1. The van der Waals surface area contributed by atoms with E-state index in [-0.39, 0.29) is 12.5 Å². The van der Waals surface area contributed by atoms with Gasteiger partial charge in [0.05, 0.1) is 6.54 Å². The molecule has 4 heteroatoms. The van der Waals surface area contributed by atoms with E-state index in [0.717, 1.165) is 5.76 Å². The lowest BCUT2D eigenvalue weighted by molar-refractivity contribution is -0.119. The molecule has 0 saturated carbocycles. The van der Waals surface area contributed by atoms with Crippen molar-refractivity contribution in [1.82, 2.24) is 5.32 Å². The van der Waals surface area contributed by atoms with Crippen molar-refractivity contribution in [2.75, 3.05) is 6.54 Å². The van der Waals surface area contributed by atoms with Gasteiger partial charge in [-0.25, -0.2) is 6.57 Å². The first kappa shape index (κ1) is 9.33. The van der Waals surface area contributed by atoms with Crippen LogP contribution in [0.4, 0.5) is 0 Å². The first-order valence-electron chi connectivity index (χ1n) is 3.87. The Morgan fingerprint density at radius 3 is 3.00 bits per heavy atom. The average Bonchev–Trinajstić information content (AvgIpc) is 2.49. The molecule has 0 radical (unpaired) electrons. The van der Waals surface area contributed by atoms with Gasteiger partial charge in [0.2, 0.25) is 0 Å². The average molecular weight is 178 g/mol. The molecule has 0 saturated heterocycles. The molecule has 1 amide bonds. The second-order valence-electron chi connectivity index (χ2n) is 2.61. The van der Waals surface area contributed by atoms with Gasteiger partial charge < -0.3 is 14.6 Å². The molecule has 0 unspecified atom stereocenters. The lowest BCUT2D eigenvalue weighted by Gasteiger charge is -1.96. The molecule has 1 aromatic heterocycles. The highest BCUT2D eigenvalue weighted by molar-refractivity contribution is 5.79. The fourth-order valence-electron chi connectivity index (χ4n) is 0.894. The van der Waals surface area contributed by atoms with Crippen molar-refractivity contribution in [3.05, 3.63) is 35.1 Å². The predicted molar refractivity (Wildman–Crippen MR) is 46.8 cm³/mol. The third kappa shape index (κ3) is 2.99. The second-order valence-corrected chi connectivity index (χ2v) is 2.61. The van der Waals surface area contributed by atoms with Crippen LogP contribution in [-0.4, -0.2) is 12.5 Å². The zero-order valence-electron chi connectivity index (χ0n) is 7.33. The Kier molecular flexibility index (Phi) is 3.09. The van der Waals surface area contributed by atoms with Crippen molar-refractivity contribution in [2.24, 2.45) is 0 Å². The quantitative estimate of drug-likeness (QED) is 0.705. The molecule has 0 aromatic carbocycles. The van der Waals surface area contributed by atoms with Crippen LogP contribution in [0.1, 0.15) is 11.5 Å². The first-order valence-corrected chi connectivity index (χ1v) is 3.87. The summed E-state index contributed by atoms with van der Waals surface area (Å²) < 4.78 is 5.22. The summed E-state index contributed by atoms with van der Waals surface area (Å²) in [5.74, 6) is 1.24. The third-order valence-electron chi connectivity index (χ3n) is 1.48. The SMILES string of the molecule is [C-]#[N+]CC(=O)NCc1ccc(C)o1. The molecule has 13 heavy (non-hydrogen) atoms. The molecule has 1 heterocycles. The van der Waals surface area contributed by atoms with E-state index >= 15 is 0 Å². The standard InChI is InChI=1S/C9H10N2O2/c1-7-3-4-8(13-7)5-11-9(12)6-10-2/h3-4H,5-6H2,1H3,(H,11,12). The minimum Gasteiger partial charge on any atom is -0.465 e. The van der Waals surface area contributed by atoms with E-state index in [2.05, 4.69) is 10.2 Å². The molecular formula is C9H10N2O2. The molecule has 1 rings (SSSR count). The Morgan fingerprint density at radius 2 is 2.46 bits per heavy atom. The Morgan fingerprint density at radius 1 is 1.69 bits per heavy atom. The predicted octanol–water partition coefficient (Wildman–Crippen LogP) is 1.12. The summed E-state index contributed by atoms with van der Waals surface area (Å²) in [6.45, 7) is 8.52. The fourth-order valence-corrected chi connectivity index (χ4v) is 0.894. The molecule has 1 aromatic rings. The molecule has 0 fully saturated rings. The van der Waals surface area contributed by atoms with Gasteiger partial charge in [-0.1, -0.05) is 0 Å². The van der Waals surface area contributed by atoms with Gasteiger partial charge in [0.1, 0.15) is 11.5 Å². The van der Waals surface area contributed by atoms with Gasteiger partial charge in [-0.15, -0.1) is 0 Å². The van der Waals surface area contributed by atoms with Crippen LogP contribution in [0.15, 0.2) is 16.5 Å². The molecule has 0 spiro atoms. The molecule has 0 aliphatic carbocycles. The van der Waals surface area contributed by atoms with Gasteiger partial charge in [0, 0.05) is 0 Å². The van der Waals surface area contributed by atoms with Gasteiger partial charge in [0.15, 0.2) is 0 Å². The molecule has 0 aliphatic heterocycles. The van der Waals surface area contributed by atoms with Crippen molar-refractivity contribution >= 4 is 5.91 Å². The van der Waals surface area contributed by atoms with Crippen LogP contribution in [-0.2, 0) is 11.3 Å². The van der Waals surface area contributed by atoms with E-state index in [4.69, 9.17) is 11.0 Å². The highest BCUT2D eigenvalue weighted by Crippen LogP contribution is 2.04. The van der Waals surface area contributed by atoms with Gasteiger partial charge in [-0.3, -0.25) is 4.79 Å². The highest BCUT2D eigenvalue weighted by Gasteiger charge is 2.04. The normalized spacial score (nSPS) is 9.23. The second kappa shape index (κ2) is 4.31. The number of nitrogens with zero attached hydrogens (tertiary/aromatic N) is 1. The minimum atomic E-state index is -0.274. The summed E-state index contributed by atoms with van der Waals surface area (Å²) in [6, 6.07) is 3.63. The number of carbonyl (C=O) groups is 1. The van der Waals surface area contributed by atoms with Crippen molar-refractivity contribution in [3.63, 3.8) is 0 Å². The lowest BCUT2D eigenvalue weighted by Crippen LogP contribution is -2.24. The third-order valence-corrected chi connectivity index (χ3v) is 1.48. The number of hydrogen-bond donors (Lipinski definition) is 1. The van der Waals surface area contributed by atoms with Crippen molar-refractivity contribution in [1.29, 1.82) is 0 Å². The maximum atomic E-state index is 10.9. The molecule has 0 atom stereocenters. The van der Waals surface area contributed by atoms with Crippen LogP contribution in [0, 0.1) is 13.5 Å².